The minimum Gasteiger partial charge on any atom is -0.499 e. The molecule has 0 aromatic rings. The molecule has 0 aliphatic heterocycles. The topological polar surface area (TPSA) is 29.5 Å². The lowest BCUT2D eigenvalue weighted by molar-refractivity contribution is 0.0998. The average Bonchev–Trinajstić information content (AvgIpc) is 1.89. The fraction of sp³-hybridized carbons (Fsp3) is 0.667. The number of aliphatic hydroxyl groups excluding tert-OH is 1. The highest BCUT2D eigenvalue weighted by Crippen LogP contribution is 1.88. The second-order valence-corrected chi connectivity index (χ2v) is 1.92. The van der Waals surface area contributed by atoms with E-state index in [0.717, 1.165) is 0 Å². The summed E-state index contributed by atoms with van der Waals surface area (Å²) >= 11 is 5.28. The quantitative estimate of drug-likeness (QED) is 0.481. The molecule has 0 saturated carbocycles. The van der Waals surface area contributed by atoms with Gasteiger partial charge in [0.25, 0.3) is 0 Å². The van der Waals surface area contributed by atoms with Gasteiger partial charge in [-0.15, -0.1) is 11.6 Å². The van der Waals surface area contributed by atoms with Crippen LogP contribution in [0, 0.1) is 0 Å². The van der Waals surface area contributed by atoms with Gasteiger partial charge in [0.1, 0.15) is 12.7 Å². The molecule has 0 spiro atoms. The van der Waals surface area contributed by atoms with Crippen molar-refractivity contribution in [3.63, 3.8) is 0 Å². The van der Waals surface area contributed by atoms with Crippen LogP contribution in [0.1, 0.15) is 6.92 Å². The lowest BCUT2D eigenvalue weighted by atomic mass is 10.4. The van der Waals surface area contributed by atoms with Crippen molar-refractivity contribution in [2.45, 2.75) is 13.0 Å². The fourth-order valence-corrected chi connectivity index (χ4v) is 0.396. The van der Waals surface area contributed by atoms with E-state index >= 15 is 0 Å². The molecule has 1 atom stereocenters. The van der Waals surface area contributed by atoms with Crippen LogP contribution in [0.15, 0.2) is 12.3 Å². The smallest absolute Gasteiger partial charge is 0.114 e. The van der Waals surface area contributed by atoms with Gasteiger partial charge in [-0.3, -0.25) is 0 Å². The molecular weight excluding hydrogens is 140 g/mol. The van der Waals surface area contributed by atoms with E-state index < -0.39 is 6.10 Å². The summed E-state index contributed by atoms with van der Waals surface area (Å²) < 4.78 is 4.82. The molecule has 0 radical (unpaired) electrons. The third-order valence-electron chi connectivity index (χ3n) is 0.699. The van der Waals surface area contributed by atoms with Crippen LogP contribution in [-0.4, -0.2) is 23.7 Å². The van der Waals surface area contributed by atoms with Gasteiger partial charge in [-0.2, -0.15) is 0 Å². The molecule has 0 unspecified atom stereocenters. The Morgan fingerprint density at radius 2 is 2.44 bits per heavy atom. The van der Waals surface area contributed by atoms with E-state index in [0.29, 0.717) is 0 Å². The van der Waals surface area contributed by atoms with E-state index in [9.17, 15) is 0 Å². The molecule has 0 aromatic carbocycles. The molecule has 54 valence electrons. The van der Waals surface area contributed by atoms with Crippen molar-refractivity contribution in [2.24, 2.45) is 0 Å². The van der Waals surface area contributed by atoms with Crippen LogP contribution in [-0.2, 0) is 4.74 Å². The van der Waals surface area contributed by atoms with Crippen LogP contribution in [0.3, 0.4) is 0 Å². The molecule has 0 heterocycles. The Kier molecular flexibility index (Phi) is 5.78. The molecule has 0 fully saturated rings. The van der Waals surface area contributed by atoms with E-state index in [4.69, 9.17) is 21.4 Å². The number of hydrogen-bond donors (Lipinski definition) is 1. The van der Waals surface area contributed by atoms with Crippen molar-refractivity contribution >= 4 is 11.6 Å². The van der Waals surface area contributed by atoms with E-state index in [1.54, 1.807) is 6.08 Å². The predicted molar refractivity (Wildman–Crippen MR) is 37.5 cm³/mol. The number of alkyl halides is 1. The van der Waals surface area contributed by atoms with Crippen LogP contribution >= 0.6 is 11.6 Å². The Morgan fingerprint density at radius 3 is 2.89 bits per heavy atom. The summed E-state index contributed by atoms with van der Waals surface area (Å²) in [5, 5.41) is 8.79. The predicted octanol–water partition coefficient (Wildman–Crippen LogP) is 1.14. The molecule has 0 aromatic heterocycles. The molecule has 2 nitrogen and oxygen atoms in total. The lowest BCUT2D eigenvalue weighted by Crippen LogP contribution is -2.14. The van der Waals surface area contributed by atoms with Crippen molar-refractivity contribution in [3.8, 4) is 0 Å². The Hall–Kier alpha value is -0.210. The molecule has 0 saturated heterocycles. The monoisotopic (exact) mass is 150 g/mol. The first-order chi connectivity index (χ1) is 4.31. The highest BCUT2D eigenvalue weighted by molar-refractivity contribution is 6.18. The van der Waals surface area contributed by atoms with Crippen LogP contribution in [0.4, 0.5) is 0 Å². The van der Waals surface area contributed by atoms with E-state index in [1.807, 2.05) is 6.92 Å². The molecule has 0 rings (SSSR count). The molecule has 0 aliphatic rings. The van der Waals surface area contributed by atoms with Crippen LogP contribution < -0.4 is 0 Å². The fourth-order valence-electron chi connectivity index (χ4n) is 0.307. The molecule has 1 N–H and O–H groups in total. The van der Waals surface area contributed by atoms with Crippen LogP contribution in [0.25, 0.3) is 0 Å². The number of rotatable bonds is 4. The first kappa shape index (κ1) is 8.79. The molecule has 9 heavy (non-hydrogen) atoms. The zero-order chi connectivity index (χ0) is 7.11. The largest absolute Gasteiger partial charge is 0.499 e. The number of aliphatic hydroxyl groups is 1. The maximum atomic E-state index is 8.79. The molecule has 0 amide bonds. The van der Waals surface area contributed by atoms with E-state index in [-0.39, 0.29) is 12.5 Å². The second-order valence-electron chi connectivity index (χ2n) is 1.61. The third kappa shape index (κ3) is 5.66. The first-order valence-electron chi connectivity index (χ1n) is 2.78. The maximum absolute atomic E-state index is 8.79. The standard InChI is InChI=1S/C6H11ClO2/c1-2-3-9-5-6(8)4-7/h2-3,6,8H,4-5H2,1H3/b3-2+/t6-/m1/s1. The van der Waals surface area contributed by atoms with Gasteiger partial charge in [0, 0.05) is 0 Å². The summed E-state index contributed by atoms with van der Waals surface area (Å²) in [5.41, 5.74) is 0. The molecular formula is C6H11ClO2. The van der Waals surface area contributed by atoms with Crippen molar-refractivity contribution in [1.82, 2.24) is 0 Å². The summed E-state index contributed by atoms with van der Waals surface area (Å²) in [6, 6.07) is 0. The highest BCUT2D eigenvalue weighted by atomic mass is 35.5. The number of allylic oxidation sites excluding steroid dienone is 1. The zero-order valence-corrected chi connectivity index (χ0v) is 6.14. The average molecular weight is 151 g/mol. The van der Waals surface area contributed by atoms with Gasteiger partial charge >= 0.3 is 0 Å². The Balaban J connectivity index is 3.06. The van der Waals surface area contributed by atoms with Gasteiger partial charge in [-0.05, 0) is 6.92 Å². The van der Waals surface area contributed by atoms with Crippen molar-refractivity contribution < 1.29 is 9.84 Å². The summed E-state index contributed by atoms with van der Waals surface area (Å²) in [6.45, 7) is 2.11. The second kappa shape index (κ2) is 5.92. The molecule has 0 aliphatic carbocycles. The summed E-state index contributed by atoms with van der Waals surface area (Å²) in [5.74, 6) is 0.220. The van der Waals surface area contributed by atoms with Crippen molar-refractivity contribution in [1.29, 1.82) is 0 Å². The van der Waals surface area contributed by atoms with Gasteiger partial charge in [0.05, 0.1) is 12.1 Å². The van der Waals surface area contributed by atoms with E-state index in [1.165, 1.54) is 6.26 Å². The minimum absolute atomic E-state index is 0.220. The van der Waals surface area contributed by atoms with Crippen LogP contribution in [0.5, 0.6) is 0 Å². The van der Waals surface area contributed by atoms with Crippen LogP contribution in [0.2, 0.25) is 0 Å². The third-order valence-corrected chi connectivity index (χ3v) is 1.06. The van der Waals surface area contributed by atoms with E-state index in [2.05, 4.69) is 0 Å². The van der Waals surface area contributed by atoms with Crippen molar-refractivity contribution in [2.75, 3.05) is 12.5 Å². The van der Waals surface area contributed by atoms with Gasteiger partial charge in [0.2, 0.25) is 0 Å². The SMILES string of the molecule is C/C=C/OC[C@H](O)CCl. The van der Waals surface area contributed by atoms with Crippen molar-refractivity contribution in [3.05, 3.63) is 12.3 Å². The maximum Gasteiger partial charge on any atom is 0.114 e. The first-order valence-corrected chi connectivity index (χ1v) is 3.31. The lowest BCUT2D eigenvalue weighted by Gasteiger charge is -2.03. The number of ether oxygens (including phenoxy) is 1. The molecule has 0 bridgehead atoms. The number of hydrogen-bond acceptors (Lipinski definition) is 2. The number of halogens is 1. The van der Waals surface area contributed by atoms with Gasteiger partial charge < -0.3 is 9.84 Å². The Morgan fingerprint density at radius 1 is 1.78 bits per heavy atom. The van der Waals surface area contributed by atoms with Gasteiger partial charge in [-0.1, -0.05) is 6.08 Å². The van der Waals surface area contributed by atoms with Gasteiger partial charge in [-0.25, -0.2) is 0 Å². The Bertz CT molecular complexity index is 83.1. The summed E-state index contributed by atoms with van der Waals surface area (Å²) in [7, 11) is 0. The Labute approximate surface area is 60.1 Å². The molecule has 3 heteroatoms. The summed E-state index contributed by atoms with van der Waals surface area (Å²) in [4.78, 5) is 0. The summed E-state index contributed by atoms with van der Waals surface area (Å²) in [6.07, 6.45) is 2.72. The highest BCUT2D eigenvalue weighted by Gasteiger charge is 1.98. The zero-order valence-electron chi connectivity index (χ0n) is 5.38. The minimum atomic E-state index is -0.553. The normalized spacial score (nSPS) is 14.1. The van der Waals surface area contributed by atoms with Gasteiger partial charge in [0.15, 0.2) is 0 Å².